The molecule has 2 amide bonds. The molecular weight excluding hydrogens is 368 g/mol. The van der Waals surface area contributed by atoms with E-state index in [1.54, 1.807) is 0 Å². The lowest BCUT2D eigenvalue weighted by Crippen LogP contribution is -2.42. The maximum Gasteiger partial charge on any atom is 0.261 e. The first-order chi connectivity index (χ1) is 13.7. The molecule has 5 rings (SSSR count). The van der Waals surface area contributed by atoms with Gasteiger partial charge in [-0.2, -0.15) is 0 Å². The summed E-state index contributed by atoms with van der Waals surface area (Å²) in [5, 5.41) is 8.13. The Bertz CT molecular complexity index is 861. The molecule has 1 aromatic carbocycles. The van der Waals surface area contributed by atoms with Crippen LogP contribution in [0.2, 0.25) is 0 Å². The Balaban J connectivity index is 1.16. The quantitative estimate of drug-likeness (QED) is 0.797. The van der Waals surface area contributed by atoms with E-state index >= 15 is 0 Å². The van der Waals surface area contributed by atoms with Gasteiger partial charge in [0.25, 0.3) is 11.8 Å². The second kappa shape index (κ2) is 7.36. The third-order valence-electron chi connectivity index (χ3n) is 7.16. The van der Waals surface area contributed by atoms with E-state index in [0.29, 0.717) is 28.9 Å². The molecule has 3 fully saturated rings. The minimum Gasteiger partial charge on any atom is -0.349 e. The van der Waals surface area contributed by atoms with Crippen LogP contribution in [0, 0.1) is 23.7 Å². The van der Waals surface area contributed by atoms with Crippen LogP contribution in [0.5, 0.6) is 0 Å². The van der Waals surface area contributed by atoms with Crippen LogP contribution < -0.4 is 10.6 Å². The van der Waals surface area contributed by atoms with Gasteiger partial charge in [-0.3, -0.25) is 9.59 Å². The molecule has 28 heavy (non-hydrogen) atoms. The Morgan fingerprint density at radius 3 is 2.57 bits per heavy atom. The summed E-state index contributed by atoms with van der Waals surface area (Å²) in [4.78, 5) is 25.5. The van der Waals surface area contributed by atoms with Gasteiger partial charge in [0.2, 0.25) is 0 Å². The van der Waals surface area contributed by atoms with Gasteiger partial charge in [-0.15, -0.1) is 11.3 Å². The van der Waals surface area contributed by atoms with Crippen molar-refractivity contribution in [1.82, 2.24) is 10.6 Å². The fraction of sp³-hybridized carbons (Fsp3) is 0.478. The smallest absolute Gasteiger partial charge is 0.261 e. The standard InChI is InChI=1S/C23H26N2O2S/c26-22(25-20-12-16-11-19(20)18-4-1-3-17(16)18)15-8-6-14(7-9-15)13-24-23(27)21-5-2-10-28-21/h2,5-10,16-20H,1,3-4,11-13H2,(H,24,27)(H,25,26)/t16-,17-,18+,19+,20-/m1/s1. The molecule has 3 aliphatic carbocycles. The minimum atomic E-state index is -0.0571. The summed E-state index contributed by atoms with van der Waals surface area (Å²) >= 11 is 1.43. The molecule has 0 spiro atoms. The zero-order valence-electron chi connectivity index (χ0n) is 15.9. The average molecular weight is 395 g/mol. The number of hydrogen-bond donors (Lipinski definition) is 2. The molecule has 1 heterocycles. The average Bonchev–Trinajstić information content (AvgIpc) is 3.49. The van der Waals surface area contributed by atoms with Crippen molar-refractivity contribution in [3.63, 3.8) is 0 Å². The van der Waals surface area contributed by atoms with Crippen molar-refractivity contribution in [3.05, 3.63) is 57.8 Å². The summed E-state index contributed by atoms with van der Waals surface area (Å²) in [5.74, 6) is 3.34. The highest BCUT2D eigenvalue weighted by molar-refractivity contribution is 7.12. The maximum absolute atomic E-state index is 12.7. The molecule has 5 heteroatoms. The summed E-state index contributed by atoms with van der Waals surface area (Å²) < 4.78 is 0. The minimum absolute atomic E-state index is 0.0428. The highest BCUT2D eigenvalue weighted by atomic mass is 32.1. The molecule has 2 N–H and O–H groups in total. The fourth-order valence-corrected chi connectivity index (χ4v) is 6.58. The predicted molar refractivity (Wildman–Crippen MR) is 110 cm³/mol. The Labute approximate surface area is 169 Å². The van der Waals surface area contributed by atoms with Crippen LogP contribution in [0.15, 0.2) is 41.8 Å². The highest BCUT2D eigenvalue weighted by Gasteiger charge is 2.54. The number of hydrogen-bond acceptors (Lipinski definition) is 3. The van der Waals surface area contributed by atoms with Gasteiger partial charge < -0.3 is 10.6 Å². The number of carbonyl (C=O) groups excluding carboxylic acids is 2. The Hall–Kier alpha value is -2.14. The molecule has 4 nitrogen and oxygen atoms in total. The topological polar surface area (TPSA) is 58.2 Å². The van der Waals surface area contributed by atoms with Crippen molar-refractivity contribution in [2.45, 2.75) is 44.7 Å². The number of rotatable bonds is 5. The van der Waals surface area contributed by atoms with Crippen molar-refractivity contribution in [2.75, 3.05) is 0 Å². The van der Waals surface area contributed by atoms with Crippen LogP contribution in [0.3, 0.4) is 0 Å². The molecular formula is C23H26N2O2S. The molecule has 2 bridgehead atoms. The SMILES string of the molecule is O=C(N[C@@H]1C[C@H]2C[C@H]1[C@H]1CCC[C@H]21)c1ccc(CNC(=O)c2cccs2)cc1. The Morgan fingerprint density at radius 2 is 1.79 bits per heavy atom. The van der Waals surface area contributed by atoms with Crippen molar-refractivity contribution in [3.8, 4) is 0 Å². The van der Waals surface area contributed by atoms with E-state index in [0.717, 1.165) is 23.3 Å². The van der Waals surface area contributed by atoms with E-state index in [4.69, 9.17) is 0 Å². The van der Waals surface area contributed by atoms with Gasteiger partial charge in [-0.1, -0.05) is 24.6 Å². The molecule has 0 unspecified atom stereocenters. The normalized spacial score (nSPS) is 30.2. The van der Waals surface area contributed by atoms with Crippen LogP contribution in [0.1, 0.15) is 57.7 Å². The number of thiophene rings is 1. The van der Waals surface area contributed by atoms with E-state index < -0.39 is 0 Å². The third kappa shape index (κ3) is 3.26. The largest absolute Gasteiger partial charge is 0.349 e. The van der Waals surface area contributed by atoms with Gasteiger partial charge in [0.05, 0.1) is 4.88 Å². The van der Waals surface area contributed by atoms with E-state index in [9.17, 15) is 9.59 Å². The fourth-order valence-electron chi connectivity index (χ4n) is 5.94. The molecule has 0 aliphatic heterocycles. The second-order valence-corrected chi connectivity index (χ2v) is 9.54. The highest BCUT2D eigenvalue weighted by Crippen LogP contribution is 2.58. The molecule has 0 radical (unpaired) electrons. The Kier molecular flexibility index (Phi) is 4.71. The van der Waals surface area contributed by atoms with Gasteiger partial charge in [0.15, 0.2) is 0 Å². The van der Waals surface area contributed by atoms with Gasteiger partial charge in [0, 0.05) is 18.2 Å². The lowest BCUT2D eigenvalue weighted by molar-refractivity contribution is 0.0899. The van der Waals surface area contributed by atoms with Crippen molar-refractivity contribution in [1.29, 1.82) is 0 Å². The number of benzene rings is 1. The summed E-state index contributed by atoms with van der Waals surface area (Å²) in [6.45, 7) is 0.466. The molecule has 0 saturated heterocycles. The number of carbonyl (C=O) groups is 2. The number of nitrogens with one attached hydrogen (secondary N) is 2. The zero-order valence-corrected chi connectivity index (χ0v) is 16.7. The molecule has 5 atom stereocenters. The first kappa shape index (κ1) is 17.9. The van der Waals surface area contributed by atoms with Crippen molar-refractivity contribution in [2.24, 2.45) is 23.7 Å². The van der Waals surface area contributed by atoms with Crippen molar-refractivity contribution < 1.29 is 9.59 Å². The zero-order chi connectivity index (χ0) is 19.1. The number of amides is 2. The maximum atomic E-state index is 12.7. The van der Waals surface area contributed by atoms with Crippen LogP contribution >= 0.6 is 11.3 Å². The van der Waals surface area contributed by atoms with Gasteiger partial charge in [-0.25, -0.2) is 0 Å². The molecule has 3 aliphatic rings. The van der Waals surface area contributed by atoms with E-state index in [2.05, 4.69) is 10.6 Å². The van der Waals surface area contributed by atoms with Crippen LogP contribution in [-0.2, 0) is 6.54 Å². The summed E-state index contributed by atoms with van der Waals surface area (Å²) in [6.07, 6.45) is 6.65. The van der Waals surface area contributed by atoms with Gasteiger partial charge in [0.1, 0.15) is 0 Å². The monoisotopic (exact) mass is 394 g/mol. The first-order valence-electron chi connectivity index (χ1n) is 10.4. The second-order valence-electron chi connectivity index (χ2n) is 8.59. The van der Waals surface area contributed by atoms with Crippen LogP contribution in [0.4, 0.5) is 0 Å². The van der Waals surface area contributed by atoms with Crippen LogP contribution in [-0.4, -0.2) is 17.9 Å². The lowest BCUT2D eigenvalue weighted by Gasteiger charge is -2.32. The van der Waals surface area contributed by atoms with E-state index in [1.807, 2.05) is 41.8 Å². The molecule has 146 valence electrons. The third-order valence-corrected chi connectivity index (χ3v) is 8.03. The Morgan fingerprint density at radius 1 is 0.964 bits per heavy atom. The van der Waals surface area contributed by atoms with Crippen LogP contribution in [0.25, 0.3) is 0 Å². The van der Waals surface area contributed by atoms with E-state index in [-0.39, 0.29) is 11.8 Å². The van der Waals surface area contributed by atoms with Gasteiger partial charge in [-0.05, 0) is 78.5 Å². The summed E-state index contributed by atoms with van der Waals surface area (Å²) in [6, 6.07) is 11.6. The molecule has 2 aromatic rings. The van der Waals surface area contributed by atoms with E-state index in [1.165, 1.54) is 43.4 Å². The van der Waals surface area contributed by atoms with Crippen molar-refractivity contribution >= 4 is 23.2 Å². The first-order valence-corrected chi connectivity index (χ1v) is 11.3. The molecule has 1 aromatic heterocycles. The summed E-state index contributed by atoms with van der Waals surface area (Å²) in [5.41, 5.74) is 1.70. The summed E-state index contributed by atoms with van der Waals surface area (Å²) in [7, 11) is 0. The predicted octanol–water partition coefficient (Wildman–Crippen LogP) is 4.23. The van der Waals surface area contributed by atoms with Gasteiger partial charge >= 0.3 is 0 Å². The lowest BCUT2D eigenvalue weighted by atomic mass is 9.79. The number of fused-ring (bicyclic) bond motifs is 5. The molecule has 3 saturated carbocycles.